The van der Waals surface area contributed by atoms with Crippen LogP contribution in [0.25, 0.3) is 0 Å². The predicted octanol–water partition coefficient (Wildman–Crippen LogP) is 2.48. The molecule has 0 aromatic heterocycles. The summed E-state index contributed by atoms with van der Waals surface area (Å²) in [5, 5.41) is 2.37. The van der Waals surface area contributed by atoms with Crippen molar-refractivity contribution in [2.24, 2.45) is 5.73 Å². The van der Waals surface area contributed by atoms with E-state index in [-0.39, 0.29) is 5.56 Å². The normalized spacial score (nSPS) is 12.8. The number of alkyl halides is 3. The molecule has 0 aliphatic carbocycles. The summed E-state index contributed by atoms with van der Waals surface area (Å²) < 4.78 is 37.7. The number of amides is 2. The predicted molar refractivity (Wildman–Crippen MR) is 71.4 cm³/mol. The van der Waals surface area contributed by atoms with Crippen molar-refractivity contribution >= 4 is 11.8 Å². The highest BCUT2D eigenvalue weighted by atomic mass is 19.4. The Labute approximate surface area is 120 Å². The minimum Gasteiger partial charge on any atom is -0.368 e. The third kappa shape index (κ3) is 5.09. The van der Waals surface area contributed by atoms with Crippen molar-refractivity contribution in [2.75, 3.05) is 0 Å². The zero-order chi connectivity index (χ0) is 16.0. The van der Waals surface area contributed by atoms with Gasteiger partial charge < -0.3 is 11.1 Å². The monoisotopic (exact) mass is 302 g/mol. The molecule has 1 rings (SSSR count). The van der Waals surface area contributed by atoms with E-state index in [2.05, 4.69) is 5.32 Å². The van der Waals surface area contributed by atoms with Crippen LogP contribution in [0.4, 0.5) is 13.2 Å². The number of carbonyl (C=O) groups excluding carboxylic acids is 2. The number of benzene rings is 1. The van der Waals surface area contributed by atoms with E-state index < -0.39 is 29.6 Å². The number of carbonyl (C=O) groups is 2. The number of rotatable bonds is 6. The Bertz CT molecular complexity index is 515. The Kier molecular flexibility index (Phi) is 5.75. The molecule has 0 saturated heterocycles. The van der Waals surface area contributed by atoms with Gasteiger partial charge in [-0.1, -0.05) is 25.8 Å². The van der Waals surface area contributed by atoms with Gasteiger partial charge in [0.15, 0.2) is 0 Å². The molecule has 7 heteroatoms. The fraction of sp³-hybridized carbons (Fsp3) is 0.429. The van der Waals surface area contributed by atoms with Gasteiger partial charge in [0.2, 0.25) is 5.91 Å². The molecule has 0 saturated carbocycles. The first-order valence-corrected chi connectivity index (χ1v) is 6.53. The van der Waals surface area contributed by atoms with E-state index in [0.29, 0.717) is 12.8 Å². The first-order valence-electron chi connectivity index (χ1n) is 6.53. The van der Waals surface area contributed by atoms with Gasteiger partial charge in [-0.2, -0.15) is 13.2 Å². The number of hydrogen-bond acceptors (Lipinski definition) is 2. The highest BCUT2D eigenvalue weighted by Gasteiger charge is 2.31. The second kappa shape index (κ2) is 7.10. The van der Waals surface area contributed by atoms with Gasteiger partial charge in [-0.3, -0.25) is 9.59 Å². The second-order valence-corrected chi connectivity index (χ2v) is 4.65. The Hall–Kier alpha value is -2.05. The summed E-state index contributed by atoms with van der Waals surface area (Å²) in [7, 11) is 0. The summed E-state index contributed by atoms with van der Waals surface area (Å²) >= 11 is 0. The van der Waals surface area contributed by atoms with E-state index >= 15 is 0 Å². The Balaban J connectivity index is 2.85. The first-order chi connectivity index (χ1) is 9.75. The van der Waals surface area contributed by atoms with Crippen molar-refractivity contribution in [3.8, 4) is 0 Å². The molecular formula is C14H17F3N2O2. The topological polar surface area (TPSA) is 72.2 Å². The maximum absolute atomic E-state index is 12.6. The molecule has 0 unspecified atom stereocenters. The zero-order valence-corrected chi connectivity index (χ0v) is 11.5. The van der Waals surface area contributed by atoms with E-state index in [4.69, 9.17) is 5.73 Å². The number of unbranched alkanes of at least 4 members (excludes halogenated alkanes) is 1. The molecule has 1 aromatic carbocycles. The van der Waals surface area contributed by atoms with Crippen LogP contribution in [0.1, 0.15) is 42.1 Å². The summed E-state index contributed by atoms with van der Waals surface area (Å²) in [6.45, 7) is 1.91. The number of hydrogen-bond donors (Lipinski definition) is 2. The van der Waals surface area contributed by atoms with Gasteiger partial charge >= 0.3 is 6.18 Å². The molecule has 0 fully saturated rings. The number of nitrogens with one attached hydrogen (secondary N) is 1. The van der Waals surface area contributed by atoms with Crippen molar-refractivity contribution in [1.29, 1.82) is 0 Å². The van der Waals surface area contributed by atoms with Crippen molar-refractivity contribution in [3.63, 3.8) is 0 Å². The van der Waals surface area contributed by atoms with Crippen molar-refractivity contribution < 1.29 is 22.8 Å². The maximum Gasteiger partial charge on any atom is 0.416 e. The lowest BCUT2D eigenvalue weighted by atomic mass is 10.1. The van der Waals surface area contributed by atoms with Gasteiger partial charge in [-0.15, -0.1) is 0 Å². The Morgan fingerprint density at radius 1 is 1.33 bits per heavy atom. The molecule has 3 N–H and O–H groups in total. The van der Waals surface area contributed by atoms with Gasteiger partial charge in [0.1, 0.15) is 6.04 Å². The third-order valence-corrected chi connectivity index (χ3v) is 2.95. The molecule has 0 radical (unpaired) electrons. The third-order valence-electron chi connectivity index (χ3n) is 2.95. The van der Waals surface area contributed by atoms with Crippen molar-refractivity contribution in [1.82, 2.24) is 5.32 Å². The molecule has 1 aromatic rings. The van der Waals surface area contributed by atoms with Gasteiger partial charge in [0.25, 0.3) is 5.91 Å². The van der Waals surface area contributed by atoms with Crippen LogP contribution in [0.2, 0.25) is 0 Å². The molecule has 4 nitrogen and oxygen atoms in total. The molecule has 0 aliphatic rings. The van der Waals surface area contributed by atoms with E-state index in [1.165, 1.54) is 6.07 Å². The molecule has 2 amide bonds. The van der Waals surface area contributed by atoms with Gasteiger partial charge in [-0.05, 0) is 24.6 Å². The molecule has 116 valence electrons. The summed E-state index contributed by atoms with van der Waals surface area (Å²) in [6.07, 6.45) is -2.68. The van der Waals surface area contributed by atoms with E-state index in [1.807, 2.05) is 6.92 Å². The SMILES string of the molecule is CCCC[C@H](NC(=O)c1cccc(C(F)(F)F)c1)C(N)=O. The van der Waals surface area contributed by atoms with Crippen LogP contribution >= 0.6 is 0 Å². The van der Waals surface area contributed by atoms with Gasteiger partial charge in [-0.25, -0.2) is 0 Å². The molecule has 0 heterocycles. The lowest BCUT2D eigenvalue weighted by Crippen LogP contribution is -2.44. The smallest absolute Gasteiger partial charge is 0.368 e. The van der Waals surface area contributed by atoms with Gasteiger partial charge in [0.05, 0.1) is 5.56 Å². The summed E-state index contributed by atoms with van der Waals surface area (Å²) in [6, 6.07) is 3.13. The van der Waals surface area contributed by atoms with Crippen LogP contribution in [-0.2, 0) is 11.0 Å². The van der Waals surface area contributed by atoms with Gasteiger partial charge in [0, 0.05) is 5.56 Å². The Morgan fingerprint density at radius 2 is 2.00 bits per heavy atom. The van der Waals surface area contributed by atoms with Crippen LogP contribution in [0.5, 0.6) is 0 Å². The van der Waals surface area contributed by atoms with E-state index in [1.54, 1.807) is 0 Å². The summed E-state index contributed by atoms with van der Waals surface area (Å²) in [5.74, 6) is -1.45. The average molecular weight is 302 g/mol. The maximum atomic E-state index is 12.6. The first kappa shape index (κ1) is 17.0. The lowest BCUT2D eigenvalue weighted by molar-refractivity contribution is -0.137. The summed E-state index contributed by atoms with van der Waals surface area (Å²) in [4.78, 5) is 23.1. The summed E-state index contributed by atoms with van der Waals surface area (Å²) in [5.41, 5.74) is 4.09. The second-order valence-electron chi connectivity index (χ2n) is 4.65. The quantitative estimate of drug-likeness (QED) is 0.847. The van der Waals surface area contributed by atoms with Crippen LogP contribution in [0.15, 0.2) is 24.3 Å². The highest BCUT2D eigenvalue weighted by molar-refractivity contribution is 5.97. The van der Waals surface area contributed by atoms with E-state index in [0.717, 1.165) is 24.6 Å². The Morgan fingerprint density at radius 3 is 2.52 bits per heavy atom. The average Bonchev–Trinajstić information content (AvgIpc) is 2.42. The number of nitrogens with two attached hydrogens (primary N) is 1. The van der Waals surface area contributed by atoms with Crippen LogP contribution < -0.4 is 11.1 Å². The lowest BCUT2D eigenvalue weighted by Gasteiger charge is -2.15. The van der Waals surface area contributed by atoms with Crippen LogP contribution in [0.3, 0.4) is 0 Å². The van der Waals surface area contributed by atoms with E-state index in [9.17, 15) is 22.8 Å². The standard InChI is InChI=1S/C14H17F3N2O2/c1-2-3-7-11(12(18)20)19-13(21)9-5-4-6-10(8-9)14(15,16)17/h4-6,8,11H,2-3,7H2,1H3,(H2,18,20)(H,19,21)/t11-/m0/s1. The number of halogens is 3. The molecular weight excluding hydrogens is 285 g/mol. The van der Waals surface area contributed by atoms with Crippen molar-refractivity contribution in [3.05, 3.63) is 35.4 Å². The number of primary amides is 1. The zero-order valence-electron chi connectivity index (χ0n) is 11.5. The minimum absolute atomic E-state index is 0.160. The largest absolute Gasteiger partial charge is 0.416 e. The molecule has 0 aliphatic heterocycles. The minimum atomic E-state index is -4.53. The molecule has 1 atom stereocenters. The fourth-order valence-corrected chi connectivity index (χ4v) is 1.77. The molecule has 0 spiro atoms. The van der Waals surface area contributed by atoms with Crippen LogP contribution in [-0.4, -0.2) is 17.9 Å². The molecule has 21 heavy (non-hydrogen) atoms. The fourth-order valence-electron chi connectivity index (χ4n) is 1.77. The van der Waals surface area contributed by atoms with Crippen molar-refractivity contribution in [2.45, 2.75) is 38.4 Å². The highest BCUT2D eigenvalue weighted by Crippen LogP contribution is 2.29. The van der Waals surface area contributed by atoms with Crippen LogP contribution in [0, 0.1) is 0 Å². The molecule has 0 bridgehead atoms.